The molecule has 3 rings (SSSR count). The average molecular weight is 725 g/mol. The Labute approximate surface area is 291 Å². The third kappa shape index (κ3) is 13.6. The molecule has 51 heavy (non-hydrogen) atoms. The average Bonchev–Trinajstić information content (AvgIpc) is 3.36. The van der Waals surface area contributed by atoms with Crippen LogP contribution in [0, 0.1) is 0 Å². The van der Waals surface area contributed by atoms with Crippen molar-refractivity contribution in [1.29, 1.82) is 0 Å². The minimum absolute atomic E-state index is 0.0613. The van der Waals surface area contributed by atoms with Gasteiger partial charge in [-0.25, -0.2) is 14.6 Å². The number of amides is 1. The van der Waals surface area contributed by atoms with Crippen molar-refractivity contribution in [2.45, 2.75) is 96.2 Å². The number of ether oxygens (including phenoxy) is 7. The lowest BCUT2D eigenvalue weighted by Crippen LogP contribution is -2.46. The van der Waals surface area contributed by atoms with Gasteiger partial charge in [0, 0.05) is 33.4 Å². The number of carbonyl (C=O) groups excluding carboxylic acids is 5. The van der Waals surface area contributed by atoms with Gasteiger partial charge in [0.05, 0.1) is 7.11 Å². The van der Waals surface area contributed by atoms with E-state index in [4.69, 9.17) is 28.4 Å². The van der Waals surface area contributed by atoms with E-state index in [-0.39, 0.29) is 38.8 Å². The van der Waals surface area contributed by atoms with Crippen molar-refractivity contribution < 1.29 is 70.3 Å². The van der Waals surface area contributed by atoms with Crippen molar-refractivity contribution >= 4 is 36.4 Å². The summed E-state index contributed by atoms with van der Waals surface area (Å²) >= 11 is 0. The van der Waals surface area contributed by atoms with Crippen LogP contribution < -0.4 is 0 Å². The Hall–Kier alpha value is -5.19. The van der Waals surface area contributed by atoms with Gasteiger partial charge in [0.15, 0.2) is 18.5 Å². The molecule has 2 unspecified atom stereocenters. The first-order chi connectivity index (χ1) is 24.2. The minimum Gasteiger partial charge on any atom is -0.467 e. The molecule has 6 atom stereocenters. The maximum Gasteiger partial charge on any atom is 0.573 e. The first kappa shape index (κ1) is 40.2. The van der Waals surface area contributed by atoms with Crippen LogP contribution in [-0.2, 0) is 65.5 Å². The van der Waals surface area contributed by atoms with Gasteiger partial charge in [-0.15, -0.1) is 13.2 Å². The highest BCUT2D eigenvalue weighted by Crippen LogP contribution is 2.33. The van der Waals surface area contributed by atoms with Gasteiger partial charge in [0.2, 0.25) is 12.4 Å². The number of esters is 4. The highest BCUT2D eigenvalue weighted by molar-refractivity contribution is 5.77. The van der Waals surface area contributed by atoms with Crippen LogP contribution in [0.25, 0.3) is 0 Å². The summed E-state index contributed by atoms with van der Waals surface area (Å²) in [5.74, 6) is -3.38. The minimum atomic E-state index is -5.07. The number of hydrogen-bond donors (Lipinski definition) is 0. The fourth-order valence-corrected chi connectivity index (χ4v) is 5.29. The predicted octanol–water partition coefficient (Wildman–Crippen LogP) is 4.62. The molecule has 2 aromatic rings. The molecule has 0 aliphatic carbocycles. The Bertz CT molecular complexity index is 1490. The summed E-state index contributed by atoms with van der Waals surface area (Å²) in [6.45, 7) is 3.09. The quantitative estimate of drug-likeness (QED) is 0.102. The first-order valence-electron chi connectivity index (χ1n) is 15.7. The summed E-state index contributed by atoms with van der Waals surface area (Å²) in [5, 5.41) is 0. The zero-order valence-electron chi connectivity index (χ0n) is 28.3. The maximum absolute atomic E-state index is 13.9. The molecule has 2 aromatic carbocycles. The Morgan fingerprint density at radius 3 is 1.96 bits per heavy atom. The van der Waals surface area contributed by atoms with Crippen LogP contribution in [0.15, 0.2) is 65.7 Å². The highest BCUT2D eigenvalue weighted by atomic mass is 19.4. The highest BCUT2D eigenvalue weighted by Gasteiger charge is 2.52. The van der Waals surface area contributed by atoms with Gasteiger partial charge < -0.3 is 38.1 Å². The Kier molecular flexibility index (Phi) is 15.2. The predicted molar refractivity (Wildman–Crippen MR) is 169 cm³/mol. The van der Waals surface area contributed by atoms with E-state index in [0.717, 1.165) is 27.9 Å². The third-order valence-corrected chi connectivity index (χ3v) is 7.41. The SMILES string of the molecule is COC(=O)[C@H](CC[C@@H](C[C@H]1OC(OC(C)=O)[C@@H](OC(C)=O)C1OC(C)=O)N(Cc1ccccc1)C(=O)OCc1ccccc1)N=COC(F)(F)F. The second-order valence-corrected chi connectivity index (χ2v) is 11.3. The van der Waals surface area contributed by atoms with Gasteiger partial charge in [0.25, 0.3) is 0 Å². The molecule has 0 spiro atoms. The van der Waals surface area contributed by atoms with Gasteiger partial charge in [-0.3, -0.25) is 14.4 Å². The van der Waals surface area contributed by atoms with E-state index in [1.165, 1.54) is 4.90 Å². The summed E-state index contributed by atoms with van der Waals surface area (Å²) < 4.78 is 74.1. The Morgan fingerprint density at radius 2 is 1.41 bits per heavy atom. The number of halogens is 3. The lowest BCUT2D eigenvalue weighted by atomic mass is 9.96. The number of aliphatic imine (C=N–C) groups is 1. The van der Waals surface area contributed by atoms with Gasteiger partial charge in [0.1, 0.15) is 12.7 Å². The summed E-state index contributed by atoms with van der Waals surface area (Å²) in [5.41, 5.74) is 1.33. The van der Waals surface area contributed by atoms with E-state index < -0.39 is 73.0 Å². The lowest BCUT2D eigenvalue weighted by molar-refractivity contribution is -0.280. The van der Waals surface area contributed by atoms with Crippen LogP contribution >= 0.6 is 0 Å². The van der Waals surface area contributed by atoms with Crippen LogP contribution in [-0.4, -0.2) is 91.4 Å². The largest absolute Gasteiger partial charge is 0.573 e. The summed E-state index contributed by atoms with van der Waals surface area (Å²) in [6, 6.07) is 15.0. The molecule has 1 aliphatic rings. The van der Waals surface area contributed by atoms with E-state index >= 15 is 0 Å². The zero-order valence-corrected chi connectivity index (χ0v) is 28.3. The number of alkyl halides is 3. The van der Waals surface area contributed by atoms with Crippen molar-refractivity contribution in [3.8, 4) is 0 Å². The molecule has 1 amide bonds. The molecule has 17 heteroatoms. The number of benzene rings is 2. The molecule has 0 aromatic heterocycles. The fraction of sp³-hybridized carbons (Fsp3) is 0.471. The van der Waals surface area contributed by atoms with Crippen molar-refractivity contribution in [2.75, 3.05) is 7.11 Å². The second kappa shape index (κ2) is 19.3. The lowest BCUT2D eigenvalue weighted by Gasteiger charge is -2.34. The molecule has 1 heterocycles. The standard InChI is InChI=1S/C34H39F3N2O12/c1-21(40)48-29-28(51-32(50-23(3)42)30(29)49-22(2)41)17-26(15-16-27(31(43)45-4)38-20-47-34(35,36)37)39(18-24-11-7-5-8-12-24)33(44)46-19-25-13-9-6-10-14-25/h5-14,20,26-30,32H,15-19H2,1-4H3/t26-,27-,28+,29?,30-,32?/m0/s1. The summed E-state index contributed by atoms with van der Waals surface area (Å²) in [4.78, 5) is 67.6. The molecule has 0 radical (unpaired) electrons. The van der Waals surface area contributed by atoms with E-state index in [9.17, 15) is 37.1 Å². The number of nitrogens with zero attached hydrogens (tertiary/aromatic N) is 2. The van der Waals surface area contributed by atoms with Crippen LogP contribution in [0.5, 0.6) is 0 Å². The number of rotatable bonds is 16. The number of methoxy groups -OCH3 is 1. The van der Waals surface area contributed by atoms with Crippen LogP contribution in [0.4, 0.5) is 18.0 Å². The van der Waals surface area contributed by atoms with Gasteiger partial charge >= 0.3 is 36.3 Å². The molecule has 1 fully saturated rings. The van der Waals surface area contributed by atoms with E-state index in [1.54, 1.807) is 60.7 Å². The molecule has 0 N–H and O–H groups in total. The molecule has 0 bridgehead atoms. The molecule has 1 saturated heterocycles. The second-order valence-electron chi connectivity index (χ2n) is 11.3. The Balaban J connectivity index is 2.05. The van der Waals surface area contributed by atoms with Crippen molar-refractivity contribution in [2.24, 2.45) is 4.99 Å². The monoisotopic (exact) mass is 724 g/mol. The van der Waals surface area contributed by atoms with Gasteiger partial charge in [-0.2, -0.15) is 0 Å². The van der Waals surface area contributed by atoms with Crippen molar-refractivity contribution in [3.05, 3.63) is 71.8 Å². The number of carbonyl (C=O) groups is 5. The molecule has 14 nitrogen and oxygen atoms in total. The zero-order chi connectivity index (χ0) is 37.6. The van der Waals surface area contributed by atoms with Gasteiger partial charge in [-0.1, -0.05) is 60.7 Å². The van der Waals surface area contributed by atoms with Crippen molar-refractivity contribution in [3.63, 3.8) is 0 Å². The number of hydrogen-bond acceptors (Lipinski definition) is 13. The Morgan fingerprint density at radius 1 is 0.843 bits per heavy atom. The third-order valence-electron chi connectivity index (χ3n) is 7.41. The molecule has 0 saturated carbocycles. The maximum atomic E-state index is 13.9. The van der Waals surface area contributed by atoms with E-state index in [1.807, 2.05) is 0 Å². The smallest absolute Gasteiger partial charge is 0.467 e. The van der Waals surface area contributed by atoms with Gasteiger partial charge in [-0.05, 0) is 30.4 Å². The van der Waals surface area contributed by atoms with Crippen LogP contribution in [0.2, 0.25) is 0 Å². The topological polar surface area (TPSA) is 166 Å². The molecular weight excluding hydrogens is 685 g/mol. The first-order valence-corrected chi connectivity index (χ1v) is 15.7. The summed E-state index contributed by atoms with van der Waals surface area (Å²) in [7, 11) is 1.02. The molecular formula is C34H39F3N2O12. The summed E-state index contributed by atoms with van der Waals surface area (Å²) in [6.07, 6.45) is -11.9. The van der Waals surface area contributed by atoms with Crippen LogP contribution in [0.1, 0.15) is 51.2 Å². The van der Waals surface area contributed by atoms with Crippen LogP contribution in [0.3, 0.4) is 0 Å². The molecule has 278 valence electrons. The van der Waals surface area contributed by atoms with E-state index in [0.29, 0.717) is 11.1 Å². The molecule has 1 aliphatic heterocycles. The van der Waals surface area contributed by atoms with Crippen molar-refractivity contribution in [1.82, 2.24) is 4.90 Å². The fourth-order valence-electron chi connectivity index (χ4n) is 5.29. The van der Waals surface area contributed by atoms with E-state index in [2.05, 4.69) is 9.73 Å². The normalized spacial score (nSPS) is 19.7.